The average molecular weight is 393 g/mol. The molecule has 1 aliphatic rings. The average Bonchev–Trinajstić information content (AvgIpc) is 3.34. The van der Waals surface area contributed by atoms with Crippen molar-refractivity contribution >= 4 is 39.7 Å². The second-order valence-corrected chi connectivity index (χ2v) is 7.16. The van der Waals surface area contributed by atoms with Crippen molar-refractivity contribution in [2.75, 3.05) is 12.5 Å². The molecule has 4 aromatic rings. The van der Waals surface area contributed by atoms with Crippen LogP contribution in [0.5, 0.6) is 11.5 Å². The number of H-pyrrole nitrogens is 1. The Morgan fingerprint density at radius 1 is 1.14 bits per heavy atom. The summed E-state index contributed by atoms with van der Waals surface area (Å²) in [7, 11) is 0. The minimum atomic E-state index is -0.108. The molecule has 0 unspecified atom stereocenters. The third kappa shape index (κ3) is 3.20. The van der Waals surface area contributed by atoms with Gasteiger partial charge in [0, 0.05) is 17.4 Å². The number of hydrogen-bond acceptors (Lipinski definition) is 7. The summed E-state index contributed by atoms with van der Waals surface area (Å²) in [4.78, 5) is 19.8. The Balaban J connectivity index is 1.21. The molecule has 9 heteroatoms. The number of fused-ring (bicyclic) bond motifs is 4. The maximum Gasteiger partial charge on any atom is 0.231 e. The summed E-state index contributed by atoms with van der Waals surface area (Å²) in [6.45, 7) is 0.646. The monoisotopic (exact) mass is 393 g/mol. The highest BCUT2D eigenvalue weighted by molar-refractivity contribution is 7.99. The number of aromatic nitrogens is 4. The van der Waals surface area contributed by atoms with Gasteiger partial charge in [0.25, 0.3) is 0 Å². The van der Waals surface area contributed by atoms with E-state index in [9.17, 15) is 4.79 Å². The van der Waals surface area contributed by atoms with E-state index in [1.54, 1.807) is 0 Å². The van der Waals surface area contributed by atoms with Crippen molar-refractivity contribution in [2.45, 2.75) is 11.7 Å². The third-order valence-electron chi connectivity index (χ3n) is 4.36. The normalized spacial score (nSPS) is 12.6. The van der Waals surface area contributed by atoms with Crippen LogP contribution in [0, 0.1) is 0 Å². The van der Waals surface area contributed by atoms with E-state index in [-0.39, 0.29) is 18.5 Å². The standard InChI is InChI=1S/C19H15N5O3S/c25-16(20-8-11-5-6-14-15(7-11)27-10-26-14)9-28-19-22-18-17(23-24-19)12-3-1-2-4-13(12)21-18/h1-7H,8-10H2,(H,20,25)(H,21,22,24). The lowest BCUT2D eigenvalue weighted by Crippen LogP contribution is -2.24. The zero-order valence-electron chi connectivity index (χ0n) is 14.6. The Bertz CT molecular complexity index is 1190. The molecular formula is C19H15N5O3S. The van der Waals surface area contributed by atoms with E-state index >= 15 is 0 Å². The van der Waals surface area contributed by atoms with E-state index in [2.05, 4.69) is 25.5 Å². The molecule has 0 atom stereocenters. The lowest BCUT2D eigenvalue weighted by Gasteiger charge is -2.06. The fourth-order valence-electron chi connectivity index (χ4n) is 3.00. The molecule has 3 heterocycles. The number of rotatable bonds is 5. The number of hydrogen-bond donors (Lipinski definition) is 2. The summed E-state index contributed by atoms with van der Waals surface area (Å²) in [5, 5.41) is 12.7. The van der Waals surface area contributed by atoms with E-state index in [0.29, 0.717) is 23.1 Å². The molecule has 1 aliphatic heterocycles. The molecule has 0 spiro atoms. The van der Waals surface area contributed by atoms with Crippen LogP contribution in [-0.2, 0) is 11.3 Å². The molecule has 1 amide bonds. The predicted molar refractivity (Wildman–Crippen MR) is 104 cm³/mol. The van der Waals surface area contributed by atoms with E-state index < -0.39 is 0 Å². The van der Waals surface area contributed by atoms with Crippen molar-refractivity contribution in [3.8, 4) is 11.5 Å². The van der Waals surface area contributed by atoms with E-state index in [1.165, 1.54) is 11.8 Å². The van der Waals surface area contributed by atoms with Crippen molar-refractivity contribution in [1.29, 1.82) is 0 Å². The molecule has 5 rings (SSSR count). The van der Waals surface area contributed by atoms with Crippen LogP contribution in [0.15, 0.2) is 47.6 Å². The van der Waals surface area contributed by atoms with Gasteiger partial charge in [-0.1, -0.05) is 36.0 Å². The van der Waals surface area contributed by atoms with Gasteiger partial charge >= 0.3 is 0 Å². The van der Waals surface area contributed by atoms with Gasteiger partial charge in [0.15, 0.2) is 17.1 Å². The first-order chi connectivity index (χ1) is 13.8. The smallest absolute Gasteiger partial charge is 0.231 e. The number of nitrogens with one attached hydrogen (secondary N) is 2. The molecule has 2 aromatic heterocycles. The number of nitrogens with zero attached hydrogens (tertiary/aromatic N) is 3. The Morgan fingerprint density at radius 3 is 3.00 bits per heavy atom. The quantitative estimate of drug-likeness (QED) is 0.503. The van der Waals surface area contributed by atoms with Crippen LogP contribution < -0.4 is 14.8 Å². The summed E-state index contributed by atoms with van der Waals surface area (Å²) < 4.78 is 10.6. The fraction of sp³-hybridized carbons (Fsp3) is 0.158. The highest BCUT2D eigenvalue weighted by Crippen LogP contribution is 2.32. The van der Waals surface area contributed by atoms with Crippen molar-refractivity contribution in [1.82, 2.24) is 25.5 Å². The van der Waals surface area contributed by atoms with Gasteiger partial charge in [-0.25, -0.2) is 4.98 Å². The molecule has 0 bridgehead atoms. The zero-order valence-corrected chi connectivity index (χ0v) is 15.5. The molecular weight excluding hydrogens is 378 g/mol. The van der Waals surface area contributed by atoms with Crippen LogP contribution in [0.2, 0.25) is 0 Å². The number of carbonyl (C=O) groups is 1. The van der Waals surface area contributed by atoms with Gasteiger partial charge < -0.3 is 19.8 Å². The minimum absolute atomic E-state index is 0.108. The number of ether oxygens (including phenoxy) is 2. The molecule has 2 aromatic carbocycles. The number of thioether (sulfide) groups is 1. The molecule has 2 N–H and O–H groups in total. The predicted octanol–water partition coefficient (Wildman–Crippen LogP) is 2.64. The first-order valence-electron chi connectivity index (χ1n) is 8.65. The van der Waals surface area contributed by atoms with Gasteiger partial charge in [0.2, 0.25) is 17.9 Å². The molecule has 0 fully saturated rings. The summed E-state index contributed by atoms with van der Waals surface area (Å²) in [6.07, 6.45) is 0. The summed E-state index contributed by atoms with van der Waals surface area (Å²) in [5.74, 6) is 1.52. The lowest BCUT2D eigenvalue weighted by molar-refractivity contribution is -0.118. The highest BCUT2D eigenvalue weighted by Gasteiger charge is 2.14. The van der Waals surface area contributed by atoms with Crippen molar-refractivity contribution in [2.24, 2.45) is 0 Å². The van der Waals surface area contributed by atoms with E-state index in [4.69, 9.17) is 9.47 Å². The highest BCUT2D eigenvalue weighted by atomic mass is 32.2. The minimum Gasteiger partial charge on any atom is -0.454 e. The SMILES string of the molecule is O=C(CSc1nnc2c(n1)[nH]c1ccccc12)NCc1ccc2c(c1)OCO2. The number of amides is 1. The Labute approximate surface area is 163 Å². The first-order valence-corrected chi connectivity index (χ1v) is 9.64. The molecule has 8 nitrogen and oxygen atoms in total. The number of benzene rings is 2. The maximum absolute atomic E-state index is 12.2. The third-order valence-corrected chi connectivity index (χ3v) is 5.20. The van der Waals surface area contributed by atoms with Crippen LogP contribution >= 0.6 is 11.8 Å². The number of para-hydroxylation sites is 1. The van der Waals surface area contributed by atoms with Crippen molar-refractivity contribution in [3.63, 3.8) is 0 Å². The van der Waals surface area contributed by atoms with Gasteiger partial charge in [-0.05, 0) is 23.8 Å². The summed E-state index contributed by atoms with van der Waals surface area (Å²) >= 11 is 1.25. The Hall–Kier alpha value is -3.33. The molecule has 0 aliphatic carbocycles. The number of aromatic amines is 1. The van der Waals surface area contributed by atoms with Crippen molar-refractivity contribution in [3.05, 3.63) is 48.0 Å². The van der Waals surface area contributed by atoms with Crippen LogP contribution in [0.1, 0.15) is 5.56 Å². The maximum atomic E-state index is 12.2. The zero-order chi connectivity index (χ0) is 18.9. The van der Waals surface area contributed by atoms with Crippen LogP contribution in [0.4, 0.5) is 0 Å². The number of carbonyl (C=O) groups excluding carboxylic acids is 1. The van der Waals surface area contributed by atoms with E-state index in [0.717, 1.165) is 27.7 Å². The summed E-state index contributed by atoms with van der Waals surface area (Å²) in [5.41, 5.74) is 3.30. The largest absolute Gasteiger partial charge is 0.454 e. The molecule has 140 valence electrons. The molecule has 0 radical (unpaired) electrons. The fourth-order valence-corrected chi connectivity index (χ4v) is 3.62. The lowest BCUT2D eigenvalue weighted by atomic mass is 10.2. The van der Waals surface area contributed by atoms with Crippen LogP contribution in [0.3, 0.4) is 0 Å². The Morgan fingerprint density at radius 2 is 2.04 bits per heavy atom. The van der Waals surface area contributed by atoms with E-state index in [1.807, 2.05) is 42.5 Å². The van der Waals surface area contributed by atoms with Gasteiger partial charge in [-0.2, -0.15) is 0 Å². The van der Waals surface area contributed by atoms with Crippen LogP contribution in [0.25, 0.3) is 22.1 Å². The molecule has 0 saturated carbocycles. The molecule has 28 heavy (non-hydrogen) atoms. The Kier molecular flexibility index (Phi) is 4.21. The van der Waals surface area contributed by atoms with Gasteiger partial charge in [0.1, 0.15) is 5.52 Å². The van der Waals surface area contributed by atoms with Crippen LogP contribution in [-0.4, -0.2) is 38.6 Å². The second kappa shape index (κ2) is 7.01. The van der Waals surface area contributed by atoms with Gasteiger partial charge in [-0.15, -0.1) is 10.2 Å². The summed E-state index contributed by atoms with van der Waals surface area (Å²) in [6, 6.07) is 13.4. The van der Waals surface area contributed by atoms with Gasteiger partial charge in [0.05, 0.1) is 5.75 Å². The molecule has 0 saturated heterocycles. The first kappa shape index (κ1) is 16.8. The topological polar surface area (TPSA) is 102 Å². The second-order valence-electron chi connectivity index (χ2n) is 6.22. The van der Waals surface area contributed by atoms with Gasteiger partial charge in [-0.3, -0.25) is 4.79 Å². The van der Waals surface area contributed by atoms with Crippen molar-refractivity contribution < 1.29 is 14.3 Å².